The summed E-state index contributed by atoms with van der Waals surface area (Å²) < 4.78 is 31.4. The van der Waals surface area contributed by atoms with Gasteiger partial charge in [-0.05, 0) is 109 Å². The molecule has 2 unspecified atom stereocenters. The Bertz CT molecular complexity index is 2000. The second kappa shape index (κ2) is 19.9. The Morgan fingerprint density at radius 2 is 1.32 bits per heavy atom. The number of oxime groups is 1. The SMILES string of the molecule is CCC(C)/C(N)=N/O.CCC(C)c1noc(-c2ccc(C#Cc3cccc(F)c3)cc2)n1.O=C(Cl)c1ccc(C#Cc2cccc(F)c2)cc1. The molecule has 0 amide bonds. The molecule has 0 spiro atoms. The van der Waals surface area contributed by atoms with Crippen LogP contribution in [0.25, 0.3) is 11.5 Å². The molecular weight excluding hydrogens is 658 g/mol. The van der Waals surface area contributed by atoms with Crippen LogP contribution in [-0.4, -0.2) is 26.4 Å². The molecule has 50 heavy (non-hydrogen) atoms. The maximum Gasteiger partial charge on any atom is 0.257 e. The highest BCUT2D eigenvalue weighted by molar-refractivity contribution is 6.67. The molecule has 5 aromatic rings. The number of carbonyl (C=O) groups excluding carboxylic acids is 1. The van der Waals surface area contributed by atoms with E-state index in [1.54, 1.807) is 48.5 Å². The average molecular weight is 695 g/mol. The summed E-state index contributed by atoms with van der Waals surface area (Å²) in [6, 6.07) is 26.5. The summed E-state index contributed by atoms with van der Waals surface area (Å²) in [4.78, 5) is 15.3. The maximum atomic E-state index is 13.1. The second-order valence-electron chi connectivity index (χ2n) is 11.1. The minimum Gasteiger partial charge on any atom is -0.409 e. The van der Waals surface area contributed by atoms with E-state index in [9.17, 15) is 13.6 Å². The van der Waals surface area contributed by atoms with E-state index >= 15 is 0 Å². The third-order valence-corrected chi connectivity index (χ3v) is 7.54. The van der Waals surface area contributed by atoms with Crippen molar-refractivity contribution in [2.24, 2.45) is 16.8 Å². The molecule has 1 aromatic heterocycles. The van der Waals surface area contributed by atoms with Crippen LogP contribution < -0.4 is 5.73 Å². The zero-order valence-corrected chi connectivity index (χ0v) is 28.9. The first-order valence-electron chi connectivity index (χ1n) is 15.8. The Morgan fingerprint density at radius 1 is 0.820 bits per heavy atom. The minimum absolute atomic E-state index is 0.194. The highest BCUT2D eigenvalue weighted by Gasteiger charge is 2.13. The van der Waals surface area contributed by atoms with Gasteiger partial charge in [-0.1, -0.05) is 73.8 Å². The second-order valence-corrected chi connectivity index (χ2v) is 11.4. The molecule has 2 atom stereocenters. The number of carbonyl (C=O) groups is 1. The molecule has 0 bridgehead atoms. The van der Waals surface area contributed by atoms with Gasteiger partial charge in [-0.25, -0.2) is 8.78 Å². The summed E-state index contributed by atoms with van der Waals surface area (Å²) in [7, 11) is 0. The van der Waals surface area contributed by atoms with Gasteiger partial charge in [-0.3, -0.25) is 4.79 Å². The highest BCUT2D eigenvalue weighted by atomic mass is 35.5. The number of aromatic nitrogens is 2. The molecule has 256 valence electrons. The van der Waals surface area contributed by atoms with E-state index in [1.165, 1.54) is 24.3 Å². The van der Waals surface area contributed by atoms with Gasteiger partial charge in [0, 0.05) is 45.2 Å². The number of amidine groups is 1. The lowest BCUT2D eigenvalue weighted by molar-refractivity contribution is 0.108. The quantitative estimate of drug-likeness (QED) is 0.0458. The monoisotopic (exact) mass is 694 g/mol. The maximum absolute atomic E-state index is 13.1. The van der Waals surface area contributed by atoms with Gasteiger partial charge < -0.3 is 15.5 Å². The highest BCUT2D eigenvalue weighted by Crippen LogP contribution is 2.22. The average Bonchev–Trinajstić information content (AvgIpc) is 3.64. The van der Waals surface area contributed by atoms with Crippen molar-refractivity contribution in [3.05, 3.63) is 142 Å². The number of hydrogen-bond donors (Lipinski definition) is 2. The minimum atomic E-state index is -0.500. The molecule has 3 N–H and O–H groups in total. The Kier molecular flexibility index (Phi) is 15.4. The van der Waals surface area contributed by atoms with Crippen molar-refractivity contribution in [3.8, 4) is 35.1 Å². The summed E-state index contributed by atoms with van der Waals surface area (Å²) in [6.45, 7) is 8.06. The van der Waals surface area contributed by atoms with E-state index in [0.717, 1.165) is 35.4 Å². The van der Waals surface area contributed by atoms with E-state index in [1.807, 2.05) is 38.1 Å². The van der Waals surface area contributed by atoms with Gasteiger partial charge in [0.2, 0.25) is 0 Å². The Hall–Kier alpha value is -5.77. The van der Waals surface area contributed by atoms with Crippen LogP contribution in [0, 0.1) is 41.2 Å². The topological polar surface area (TPSA) is 115 Å². The summed E-state index contributed by atoms with van der Waals surface area (Å²) >= 11 is 5.33. The number of halogens is 3. The van der Waals surface area contributed by atoms with Crippen molar-refractivity contribution in [2.45, 2.75) is 46.5 Å². The lowest BCUT2D eigenvalue weighted by Crippen LogP contribution is -2.20. The van der Waals surface area contributed by atoms with Crippen LogP contribution in [0.1, 0.15) is 84.9 Å². The Balaban J connectivity index is 0.000000229. The number of benzene rings is 4. The van der Waals surface area contributed by atoms with Crippen molar-refractivity contribution in [1.82, 2.24) is 10.1 Å². The summed E-state index contributed by atoms with van der Waals surface area (Å²) in [5.74, 6) is 13.1. The third-order valence-electron chi connectivity index (χ3n) is 7.32. The zero-order valence-electron chi connectivity index (χ0n) is 28.1. The standard InChI is InChI=1S/C20H17FN2O.C15H8ClFO.C5H12N2O/c1-3-14(2)19-22-20(24-23-19)17-11-9-15(10-12-17)7-8-16-5-4-6-18(21)13-16;16-15(18)13-8-6-11(7-9-13)4-5-12-2-1-3-14(17)10-12;1-3-4(2)5(6)7-8/h4-6,9-14H,3H2,1-2H3;1-3,6-10H;4,8H,3H2,1-2H3,(H2,6,7). The van der Waals surface area contributed by atoms with Gasteiger partial charge in [0.05, 0.1) is 0 Å². The van der Waals surface area contributed by atoms with E-state index in [0.29, 0.717) is 28.4 Å². The molecule has 0 aliphatic heterocycles. The largest absolute Gasteiger partial charge is 0.409 e. The first-order valence-corrected chi connectivity index (χ1v) is 16.2. The first kappa shape index (κ1) is 38.7. The van der Waals surface area contributed by atoms with Gasteiger partial charge in [-0.15, -0.1) is 0 Å². The number of nitrogens with two attached hydrogens (primary N) is 1. The molecule has 0 fully saturated rings. The number of hydrogen-bond acceptors (Lipinski definition) is 6. The van der Waals surface area contributed by atoms with Crippen LogP contribution in [0.15, 0.2) is 107 Å². The van der Waals surface area contributed by atoms with Crippen LogP contribution in [-0.2, 0) is 0 Å². The fraction of sp³-hybridized carbons (Fsp3) is 0.200. The third kappa shape index (κ3) is 12.7. The van der Waals surface area contributed by atoms with E-state index in [2.05, 4.69) is 52.8 Å². The summed E-state index contributed by atoms with van der Waals surface area (Å²) in [5.41, 5.74) is 9.33. The molecule has 5 rings (SSSR count). The molecule has 0 aliphatic carbocycles. The van der Waals surface area contributed by atoms with Crippen molar-refractivity contribution in [1.29, 1.82) is 0 Å². The lowest BCUT2D eigenvalue weighted by atomic mass is 10.1. The van der Waals surface area contributed by atoms with Gasteiger partial charge in [0.1, 0.15) is 17.5 Å². The smallest absolute Gasteiger partial charge is 0.257 e. The van der Waals surface area contributed by atoms with Crippen LogP contribution in [0.3, 0.4) is 0 Å². The van der Waals surface area contributed by atoms with E-state index < -0.39 is 5.24 Å². The van der Waals surface area contributed by atoms with Crippen molar-refractivity contribution in [3.63, 3.8) is 0 Å². The lowest BCUT2D eigenvalue weighted by Gasteiger charge is -2.02. The molecule has 4 aromatic carbocycles. The fourth-order valence-corrected chi connectivity index (χ4v) is 3.97. The van der Waals surface area contributed by atoms with Crippen LogP contribution in [0.2, 0.25) is 0 Å². The van der Waals surface area contributed by atoms with Crippen LogP contribution in [0.4, 0.5) is 8.78 Å². The predicted octanol–water partition coefficient (Wildman–Crippen LogP) is 9.17. The molecule has 0 saturated heterocycles. The fourth-order valence-electron chi connectivity index (χ4n) is 3.84. The van der Waals surface area contributed by atoms with E-state index in [-0.39, 0.29) is 23.5 Å². The molecule has 0 saturated carbocycles. The molecule has 0 radical (unpaired) electrons. The van der Waals surface area contributed by atoms with Gasteiger partial charge in [0.15, 0.2) is 5.82 Å². The zero-order chi connectivity index (χ0) is 36.5. The first-order chi connectivity index (χ1) is 24.0. The summed E-state index contributed by atoms with van der Waals surface area (Å²) in [5, 5.41) is 14.5. The van der Waals surface area contributed by atoms with Gasteiger partial charge in [0.25, 0.3) is 11.1 Å². The molecule has 10 heteroatoms. The van der Waals surface area contributed by atoms with E-state index in [4.69, 9.17) is 27.1 Å². The van der Waals surface area contributed by atoms with Crippen molar-refractivity contribution < 1.29 is 23.3 Å². The number of nitrogens with zero attached hydrogens (tertiary/aromatic N) is 3. The Morgan fingerprint density at radius 3 is 1.74 bits per heavy atom. The molecule has 1 heterocycles. The predicted molar refractivity (Wildman–Crippen MR) is 193 cm³/mol. The van der Waals surface area contributed by atoms with Crippen LogP contribution in [0.5, 0.6) is 0 Å². The normalized spacial score (nSPS) is 11.5. The summed E-state index contributed by atoms with van der Waals surface area (Å²) in [6.07, 6.45) is 1.88. The Labute approximate surface area is 296 Å². The molecule has 0 aliphatic rings. The van der Waals surface area contributed by atoms with Crippen molar-refractivity contribution >= 4 is 22.7 Å². The van der Waals surface area contributed by atoms with Gasteiger partial charge in [-0.2, -0.15) is 4.98 Å². The molecular formula is C40H37ClF2N4O3. The van der Waals surface area contributed by atoms with Crippen LogP contribution >= 0.6 is 11.6 Å². The molecule has 7 nitrogen and oxygen atoms in total. The van der Waals surface area contributed by atoms with Crippen molar-refractivity contribution in [2.75, 3.05) is 0 Å². The number of rotatable bonds is 6. The van der Waals surface area contributed by atoms with Gasteiger partial charge >= 0.3 is 0 Å².